The van der Waals surface area contributed by atoms with Crippen molar-refractivity contribution in [2.75, 3.05) is 26.5 Å². The Morgan fingerprint density at radius 2 is 2.08 bits per heavy atom. The second kappa shape index (κ2) is 7.68. The van der Waals surface area contributed by atoms with Gasteiger partial charge in [0.15, 0.2) is 0 Å². The van der Waals surface area contributed by atoms with Gasteiger partial charge in [-0.25, -0.2) is 9.78 Å². The minimum Gasteiger partial charge on any atom is -0.495 e. The molecule has 2 aromatic rings. The van der Waals surface area contributed by atoms with Crippen molar-refractivity contribution in [3.8, 4) is 5.75 Å². The summed E-state index contributed by atoms with van der Waals surface area (Å²) in [5.41, 5.74) is 2.95. The third-order valence-electron chi connectivity index (χ3n) is 3.96. The topological polar surface area (TPSA) is 51.7 Å². The second-order valence-corrected chi connectivity index (χ2v) is 6.67. The van der Waals surface area contributed by atoms with Crippen molar-refractivity contribution < 1.29 is 14.3 Å². The molecule has 5 nitrogen and oxygen atoms in total. The van der Waals surface area contributed by atoms with E-state index in [1.807, 2.05) is 24.3 Å². The molecule has 1 aromatic carbocycles. The van der Waals surface area contributed by atoms with Gasteiger partial charge in [-0.05, 0) is 23.8 Å². The normalized spacial score (nSPS) is 14.6. The van der Waals surface area contributed by atoms with Crippen molar-refractivity contribution in [2.45, 2.75) is 18.1 Å². The Hall–Kier alpha value is -2.05. The molecule has 3 rings (SSSR count). The average Bonchev–Trinajstić information content (AvgIpc) is 2.82. The number of fused-ring (bicyclic) bond motifs is 1. The molecule has 126 valence electrons. The van der Waals surface area contributed by atoms with Crippen LogP contribution in [-0.4, -0.2) is 42.4 Å². The van der Waals surface area contributed by atoms with E-state index in [-0.39, 0.29) is 5.97 Å². The van der Waals surface area contributed by atoms with E-state index in [1.165, 1.54) is 18.2 Å². The van der Waals surface area contributed by atoms with Crippen LogP contribution < -0.4 is 4.74 Å². The van der Waals surface area contributed by atoms with Crippen molar-refractivity contribution in [1.29, 1.82) is 0 Å². The van der Waals surface area contributed by atoms with E-state index in [2.05, 4.69) is 16.0 Å². The number of esters is 1. The lowest BCUT2D eigenvalue weighted by Crippen LogP contribution is -2.24. The molecule has 0 bridgehead atoms. The highest BCUT2D eigenvalue weighted by Crippen LogP contribution is 2.28. The summed E-state index contributed by atoms with van der Waals surface area (Å²) in [6, 6.07) is 9.65. The van der Waals surface area contributed by atoms with Crippen LogP contribution in [0.25, 0.3) is 0 Å². The van der Waals surface area contributed by atoms with E-state index >= 15 is 0 Å². The summed E-state index contributed by atoms with van der Waals surface area (Å²) in [7, 11) is 3.05. The number of methoxy groups -OCH3 is 2. The summed E-state index contributed by atoms with van der Waals surface area (Å²) < 4.78 is 10.0. The highest BCUT2D eigenvalue weighted by molar-refractivity contribution is 7.99. The summed E-state index contributed by atoms with van der Waals surface area (Å²) >= 11 is 1.78. The molecule has 0 aliphatic carbocycles. The minimum absolute atomic E-state index is 0.306. The molecule has 0 spiro atoms. The first-order valence-corrected chi connectivity index (χ1v) is 8.73. The highest BCUT2D eigenvalue weighted by Gasteiger charge is 2.17. The van der Waals surface area contributed by atoms with Crippen molar-refractivity contribution >= 4 is 17.7 Å². The molecule has 0 saturated carbocycles. The zero-order chi connectivity index (χ0) is 16.9. The fourth-order valence-corrected chi connectivity index (χ4v) is 3.66. The van der Waals surface area contributed by atoms with E-state index in [0.717, 1.165) is 36.2 Å². The number of ether oxygens (including phenoxy) is 2. The second-order valence-electron chi connectivity index (χ2n) is 5.59. The Bertz CT molecular complexity index is 719. The molecule has 2 heterocycles. The van der Waals surface area contributed by atoms with Gasteiger partial charge in [0, 0.05) is 31.0 Å². The van der Waals surface area contributed by atoms with Crippen molar-refractivity contribution in [1.82, 2.24) is 9.88 Å². The number of carbonyl (C=O) groups is 1. The highest BCUT2D eigenvalue weighted by atomic mass is 32.2. The fourth-order valence-electron chi connectivity index (χ4n) is 2.68. The lowest BCUT2D eigenvalue weighted by Gasteiger charge is -2.20. The van der Waals surface area contributed by atoms with Crippen LogP contribution in [0.4, 0.5) is 0 Å². The van der Waals surface area contributed by atoms with Gasteiger partial charge in [0.1, 0.15) is 10.8 Å². The van der Waals surface area contributed by atoms with Crippen LogP contribution in [-0.2, 0) is 17.8 Å². The smallest absolute Gasteiger partial charge is 0.337 e. The Morgan fingerprint density at radius 1 is 1.29 bits per heavy atom. The molecule has 0 fully saturated rings. The van der Waals surface area contributed by atoms with Crippen LogP contribution in [0.5, 0.6) is 5.75 Å². The number of nitrogens with zero attached hydrogens (tertiary/aromatic N) is 2. The maximum absolute atomic E-state index is 11.5. The molecular weight excluding hydrogens is 324 g/mol. The molecule has 0 atom stereocenters. The fraction of sp³-hybridized carbons (Fsp3) is 0.333. The molecule has 0 amide bonds. The summed E-state index contributed by atoms with van der Waals surface area (Å²) in [5.74, 6) is 1.49. The Labute approximate surface area is 146 Å². The third-order valence-corrected chi connectivity index (χ3v) is 4.99. The first-order valence-electron chi connectivity index (χ1n) is 7.75. The Morgan fingerprint density at radius 3 is 2.79 bits per heavy atom. The summed E-state index contributed by atoms with van der Waals surface area (Å²) in [4.78, 5) is 18.4. The number of pyridine rings is 1. The molecule has 1 aliphatic rings. The van der Waals surface area contributed by atoms with Gasteiger partial charge in [-0.15, -0.1) is 11.8 Å². The van der Waals surface area contributed by atoms with Crippen molar-refractivity contribution in [3.63, 3.8) is 0 Å². The molecule has 24 heavy (non-hydrogen) atoms. The summed E-state index contributed by atoms with van der Waals surface area (Å²) in [6.45, 7) is 2.66. The predicted octanol–water partition coefficient (Wildman–Crippen LogP) is 2.98. The largest absolute Gasteiger partial charge is 0.495 e. The van der Waals surface area contributed by atoms with E-state index in [0.29, 0.717) is 5.56 Å². The van der Waals surface area contributed by atoms with E-state index < -0.39 is 0 Å². The standard InChI is InChI=1S/C18H20N2O3S/c1-22-16-9-15-12-20(7-8-24-17(15)19-10-16)11-13-3-5-14(6-4-13)18(21)23-2/h3-6,9-10H,7-8,11-12H2,1-2H3. The number of benzene rings is 1. The maximum Gasteiger partial charge on any atom is 0.337 e. The zero-order valence-corrected chi connectivity index (χ0v) is 14.6. The van der Waals surface area contributed by atoms with Crippen molar-refractivity contribution in [2.24, 2.45) is 0 Å². The number of hydrogen-bond donors (Lipinski definition) is 0. The molecule has 0 unspecified atom stereocenters. The quantitative estimate of drug-likeness (QED) is 0.795. The average molecular weight is 344 g/mol. The first kappa shape index (κ1) is 16.8. The van der Waals surface area contributed by atoms with Gasteiger partial charge in [0.25, 0.3) is 0 Å². The SMILES string of the molecule is COC(=O)c1ccc(CN2CCSc3ncc(OC)cc3C2)cc1. The Balaban J connectivity index is 1.72. The van der Waals surface area contributed by atoms with E-state index in [9.17, 15) is 4.79 Å². The van der Waals surface area contributed by atoms with Crippen LogP contribution in [0.3, 0.4) is 0 Å². The molecule has 0 saturated heterocycles. The number of thioether (sulfide) groups is 1. The third kappa shape index (κ3) is 3.88. The number of rotatable bonds is 4. The number of aromatic nitrogens is 1. The lowest BCUT2D eigenvalue weighted by molar-refractivity contribution is 0.0600. The minimum atomic E-state index is -0.306. The first-order chi connectivity index (χ1) is 11.7. The van der Waals surface area contributed by atoms with Gasteiger partial charge in [0.05, 0.1) is 26.0 Å². The lowest BCUT2D eigenvalue weighted by atomic mass is 10.1. The van der Waals surface area contributed by atoms with Gasteiger partial charge in [-0.2, -0.15) is 0 Å². The molecule has 1 aromatic heterocycles. The summed E-state index contributed by atoms with van der Waals surface area (Å²) in [5, 5.41) is 1.08. The van der Waals surface area contributed by atoms with Gasteiger partial charge >= 0.3 is 5.97 Å². The number of carbonyl (C=O) groups excluding carboxylic acids is 1. The van der Waals surface area contributed by atoms with Crippen molar-refractivity contribution in [3.05, 3.63) is 53.2 Å². The summed E-state index contributed by atoms with van der Waals surface area (Å²) in [6.07, 6.45) is 1.77. The van der Waals surface area contributed by atoms with Crippen LogP contribution in [0.1, 0.15) is 21.5 Å². The maximum atomic E-state index is 11.5. The zero-order valence-electron chi connectivity index (χ0n) is 13.8. The van der Waals surface area contributed by atoms with E-state index in [4.69, 9.17) is 9.47 Å². The monoisotopic (exact) mass is 344 g/mol. The van der Waals surface area contributed by atoms with Crippen LogP contribution >= 0.6 is 11.8 Å². The molecule has 0 N–H and O–H groups in total. The van der Waals surface area contributed by atoms with E-state index in [1.54, 1.807) is 25.1 Å². The molecule has 6 heteroatoms. The number of hydrogen-bond acceptors (Lipinski definition) is 6. The Kier molecular flexibility index (Phi) is 5.37. The predicted molar refractivity (Wildman–Crippen MR) is 93.4 cm³/mol. The van der Waals surface area contributed by atoms with Crippen LogP contribution in [0, 0.1) is 0 Å². The molecule has 0 radical (unpaired) electrons. The van der Waals surface area contributed by atoms with Gasteiger partial charge < -0.3 is 9.47 Å². The van der Waals surface area contributed by atoms with Crippen LogP contribution in [0.2, 0.25) is 0 Å². The molecule has 1 aliphatic heterocycles. The van der Waals surface area contributed by atoms with Crippen LogP contribution in [0.15, 0.2) is 41.6 Å². The molecular formula is C18H20N2O3S. The van der Waals surface area contributed by atoms with Gasteiger partial charge in [0.2, 0.25) is 0 Å². The van der Waals surface area contributed by atoms with Gasteiger partial charge in [-0.1, -0.05) is 12.1 Å². The van der Waals surface area contributed by atoms with Gasteiger partial charge in [-0.3, -0.25) is 4.90 Å².